The number of methoxy groups -OCH3 is 1. The van der Waals surface area contributed by atoms with Crippen molar-refractivity contribution in [3.63, 3.8) is 0 Å². The number of halogens is 3. The molecule has 1 heterocycles. The van der Waals surface area contributed by atoms with E-state index < -0.39 is 11.7 Å². The minimum Gasteiger partial charge on any atom is -0.495 e. The van der Waals surface area contributed by atoms with Gasteiger partial charge in [0.05, 0.1) is 18.4 Å². The standard InChI is InChI=1S/C12H10F3NO.2C2H6/c1-7(17-2)11-6-8-5-9(12(13,14)15)3-4-10(8)16-11;2*1-2/h3-6,16H,1H2,2H3;2*1-2H3. The van der Waals surface area contributed by atoms with Crippen LogP contribution in [0.4, 0.5) is 13.2 Å². The smallest absolute Gasteiger partial charge is 0.416 e. The van der Waals surface area contributed by atoms with Gasteiger partial charge in [0, 0.05) is 10.9 Å². The molecule has 0 saturated heterocycles. The van der Waals surface area contributed by atoms with E-state index in [2.05, 4.69) is 11.6 Å². The molecule has 0 unspecified atom stereocenters. The van der Waals surface area contributed by atoms with Crippen LogP contribution >= 0.6 is 0 Å². The first-order chi connectivity index (χ1) is 9.91. The number of H-pyrrole nitrogens is 1. The van der Waals surface area contributed by atoms with Crippen molar-refractivity contribution in [2.24, 2.45) is 0 Å². The summed E-state index contributed by atoms with van der Waals surface area (Å²) in [5.74, 6) is 0.384. The van der Waals surface area contributed by atoms with Gasteiger partial charge in [-0.05, 0) is 24.3 Å². The molecule has 0 spiro atoms. The SMILES string of the molecule is C=C(OC)c1cc2cc(C(F)(F)F)ccc2[nH]1.CC.CC. The Bertz CT molecular complexity index is 570. The van der Waals surface area contributed by atoms with Crippen molar-refractivity contribution in [1.29, 1.82) is 0 Å². The number of rotatable bonds is 2. The zero-order valence-corrected chi connectivity index (χ0v) is 13.1. The second-order valence-electron chi connectivity index (χ2n) is 3.61. The third-order valence-corrected chi connectivity index (χ3v) is 2.49. The van der Waals surface area contributed by atoms with Gasteiger partial charge in [0.1, 0.15) is 5.76 Å². The van der Waals surface area contributed by atoms with Crippen LogP contribution in [0.5, 0.6) is 0 Å². The Morgan fingerprint density at radius 2 is 1.67 bits per heavy atom. The second kappa shape index (κ2) is 8.39. The highest BCUT2D eigenvalue weighted by Gasteiger charge is 2.30. The molecule has 0 saturated carbocycles. The highest BCUT2D eigenvalue weighted by Crippen LogP contribution is 2.32. The molecule has 0 aliphatic carbocycles. The lowest BCUT2D eigenvalue weighted by atomic mass is 10.1. The fourth-order valence-corrected chi connectivity index (χ4v) is 1.57. The molecule has 0 atom stereocenters. The van der Waals surface area contributed by atoms with Crippen LogP contribution in [0.15, 0.2) is 30.8 Å². The molecule has 1 N–H and O–H groups in total. The van der Waals surface area contributed by atoms with E-state index in [1.165, 1.54) is 13.2 Å². The lowest BCUT2D eigenvalue weighted by Crippen LogP contribution is -2.03. The van der Waals surface area contributed by atoms with Gasteiger partial charge in [-0.3, -0.25) is 0 Å². The molecule has 0 aliphatic heterocycles. The van der Waals surface area contributed by atoms with E-state index in [-0.39, 0.29) is 0 Å². The molecule has 2 nitrogen and oxygen atoms in total. The van der Waals surface area contributed by atoms with Gasteiger partial charge in [-0.15, -0.1) is 0 Å². The van der Waals surface area contributed by atoms with Crippen LogP contribution < -0.4 is 0 Å². The van der Waals surface area contributed by atoms with Crippen LogP contribution in [0.25, 0.3) is 16.7 Å². The molecule has 118 valence electrons. The van der Waals surface area contributed by atoms with Crippen molar-refractivity contribution in [1.82, 2.24) is 4.98 Å². The molecule has 0 fully saturated rings. The molecule has 0 aliphatic rings. The predicted molar refractivity (Wildman–Crippen MR) is 82.0 cm³/mol. The third-order valence-electron chi connectivity index (χ3n) is 2.49. The van der Waals surface area contributed by atoms with E-state index in [1.807, 2.05) is 27.7 Å². The molecule has 0 radical (unpaired) electrons. The maximum absolute atomic E-state index is 12.5. The largest absolute Gasteiger partial charge is 0.495 e. The number of hydrogen-bond donors (Lipinski definition) is 1. The molecule has 0 bridgehead atoms. The maximum Gasteiger partial charge on any atom is 0.416 e. The fourth-order valence-electron chi connectivity index (χ4n) is 1.57. The van der Waals surface area contributed by atoms with Crippen molar-refractivity contribution < 1.29 is 17.9 Å². The number of aromatic nitrogens is 1. The Morgan fingerprint density at radius 3 is 2.14 bits per heavy atom. The first-order valence-corrected chi connectivity index (χ1v) is 6.85. The normalized spacial score (nSPS) is 10.1. The predicted octanol–water partition coefficient (Wildman–Crippen LogP) is 5.86. The lowest BCUT2D eigenvalue weighted by Gasteiger charge is -2.05. The minimum atomic E-state index is -4.33. The summed E-state index contributed by atoms with van der Waals surface area (Å²) in [6.45, 7) is 11.6. The van der Waals surface area contributed by atoms with Gasteiger partial charge in [0.15, 0.2) is 0 Å². The Labute approximate surface area is 123 Å². The van der Waals surface area contributed by atoms with Gasteiger partial charge in [-0.25, -0.2) is 0 Å². The quantitative estimate of drug-likeness (QED) is 0.691. The lowest BCUT2D eigenvalue weighted by molar-refractivity contribution is -0.137. The Morgan fingerprint density at radius 1 is 1.10 bits per heavy atom. The third kappa shape index (κ3) is 4.85. The molecular formula is C16H22F3NO. The average molecular weight is 301 g/mol. The molecular weight excluding hydrogens is 279 g/mol. The number of aromatic amines is 1. The number of benzene rings is 1. The van der Waals surface area contributed by atoms with E-state index in [4.69, 9.17) is 4.74 Å². The topological polar surface area (TPSA) is 25.0 Å². The van der Waals surface area contributed by atoms with Crippen molar-refractivity contribution in [2.45, 2.75) is 33.9 Å². The van der Waals surface area contributed by atoms with Crippen molar-refractivity contribution in [3.8, 4) is 0 Å². The van der Waals surface area contributed by atoms with Crippen LogP contribution in [-0.4, -0.2) is 12.1 Å². The van der Waals surface area contributed by atoms with Gasteiger partial charge in [0.2, 0.25) is 0 Å². The van der Waals surface area contributed by atoms with Gasteiger partial charge >= 0.3 is 6.18 Å². The van der Waals surface area contributed by atoms with E-state index in [1.54, 1.807) is 6.07 Å². The van der Waals surface area contributed by atoms with E-state index in [9.17, 15) is 13.2 Å². The highest BCUT2D eigenvalue weighted by atomic mass is 19.4. The number of nitrogens with one attached hydrogen (secondary N) is 1. The van der Waals surface area contributed by atoms with Crippen LogP contribution in [0.2, 0.25) is 0 Å². The van der Waals surface area contributed by atoms with Crippen LogP contribution in [0.3, 0.4) is 0 Å². The minimum absolute atomic E-state index is 0.384. The number of hydrogen-bond acceptors (Lipinski definition) is 1. The molecule has 2 rings (SSSR count). The molecule has 0 amide bonds. The summed E-state index contributed by atoms with van der Waals surface area (Å²) in [5, 5.41) is 0.480. The average Bonchev–Trinajstić information content (AvgIpc) is 2.92. The molecule has 1 aromatic carbocycles. The summed E-state index contributed by atoms with van der Waals surface area (Å²) in [6.07, 6.45) is -4.33. The van der Waals surface area contributed by atoms with Crippen molar-refractivity contribution in [2.75, 3.05) is 7.11 Å². The number of fused-ring (bicyclic) bond motifs is 1. The Kier molecular flexibility index (Phi) is 7.63. The van der Waals surface area contributed by atoms with E-state index in [0.717, 1.165) is 12.1 Å². The highest BCUT2D eigenvalue weighted by molar-refractivity contribution is 5.84. The Balaban J connectivity index is 0.000000921. The molecule has 21 heavy (non-hydrogen) atoms. The summed E-state index contributed by atoms with van der Waals surface area (Å²) < 4.78 is 42.4. The van der Waals surface area contributed by atoms with Crippen LogP contribution in [-0.2, 0) is 10.9 Å². The zero-order chi connectivity index (χ0) is 16.6. The molecule has 1 aromatic heterocycles. The summed E-state index contributed by atoms with van der Waals surface area (Å²) in [7, 11) is 1.45. The summed E-state index contributed by atoms with van der Waals surface area (Å²) in [4.78, 5) is 2.93. The first kappa shape index (κ1) is 19.1. The van der Waals surface area contributed by atoms with Crippen molar-refractivity contribution >= 4 is 16.7 Å². The van der Waals surface area contributed by atoms with Crippen LogP contribution in [0.1, 0.15) is 39.0 Å². The Hall–Kier alpha value is -1.91. The van der Waals surface area contributed by atoms with Gasteiger partial charge in [-0.2, -0.15) is 13.2 Å². The van der Waals surface area contributed by atoms with Crippen LogP contribution in [0, 0.1) is 0 Å². The second-order valence-corrected chi connectivity index (χ2v) is 3.61. The summed E-state index contributed by atoms with van der Waals surface area (Å²) in [6, 6.07) is 5.11. The van der Waals surface area contributed by atoms with Crippen molar-refractivity contribution in [3.05, 3.63) is 42.1 Å². The molecule has 5 heteroatoms. The van der Waals surface area contributed by atoms with Gasteiger partial charge < -0.3 is 9.72 Å². The fraction of sp³-hybridized carbons (Fsp3) is 0.375. The molecule has 2 aromatic rings. The summed E-state index contributed by atoms with van der Waals surface area (Å²) in [5.41, 5.74) is 0.520. The first-order valence-electron chi connectivity index (χ1n) is 6.85. The number of alkyl halides is 3. The monoisotopic (exact) mass is 301 g/mol. The van der Waals surface area contributed by atoms with Gasteiger partial charge in [0.25, 0.3) is 0 Å². The van der Waals surface area contributed by atoms with Gasteiger partial charge in [-0.1, -0.05) is 34.3 Å². The van der Waals surface area contributed by atoms with E-state index >= 15 is 0 Å². The number of ether oxygens (including phenoxy) is 1. The summed E-state index contributed by atoms with van der Waals surface area (Å²) >= 11 is 0. The zero-order valence-electron chi connectivity index (χ0n) is 13.1. The maximum atomic E-state index is 12.5. The van der Waals surface area contributed by atoms with E-state index in [0.29, 0.717) is 22.4 Å².